The summed E-state index contributed by atoms with van der Waals surface area (Å²) in [6.45, 7) is 16.3. The molecule has 2 aromatic rings. The summed E-state index contributed by atoms with van der Waals surface area (Å²) in [4.78, 5) is 0. The number of allylic oxidation sites excluding steroid dienone is 1. The maximum absolute atomic E-state index is 4.41. The van der Waals surface area contributed by atoms with Gasteiger partial charge in [0.2, 0.25) is 0 Å². The van der Waals surface area contributed by atoms with Crippen molar-refractivity contribution < 1.29 is 0 Å². The summed E-state index contributed by atoms with van der Waals surface area (Å²) in [6, 6.07) is 17.5. The van der Waals surface area contributed by atoms with Crippen LogP contribution in [0.2, 0.25) is 0 Å². The highest BCUT2D eigenvalue weighted by molar-refractivity contribution is 7.27. The molecule has 4 unspecified atom stereocenters. The maximum Gasteiger partial charge on any atom is -0.0156 e. The molecule has 0 bridgehead atoms. The van der Waals surface area contributed by atoms with Crippen LogP contribution in [0.4, 0.5) is 0 Å². The molecule has 0 spiro atoms. The quantitative estimate of drug-likeness (QED) is 0.300. The van der Waals surface area contributed by atoms with Crippen molar-refractivity contribution in [3.63, 3.8) is 0 Å². The number of benzene rings is 2. The molecule has 2 aromatic carbocycles. The molecule has 1 heteroatoms. The Morgan fingerprint density at radius 2 is 1.73 bits per heavy atom. The first-order valence-electron chi connectivity index (χ1n) is 11.8. The largest absolute Gasteiger partial charge is 0.105 e. The first-order valence-corrected chi connectivity index (χ1v) is 12.4. The van der Waals surface area contributed by atoms with Gasteiger partial charge in [0.05, 0.1) is 0 Å². The van der Waals surface area contributed by atoms with Gasteiger partial charge in [-0.1, -0.05) is 89.2 Å². The van der Waals surface area contributed by atoms with E-state index in [0.29, 0.717) is 11.3 Å². The Morgan fingerprint density at radius 1 is 1.03 bits per heavy atom. The van der Waals surface area contributed by atoms with Gasteiger partial charge in [-0.3, -0.25) is 0 Å². The maximum atomic E-state index is 4.41. The van der Waals surface area contributed by atoms with Crippen molar-refractivity contribution in [2.75, 3.05) is 0 Å². The van der Waals surface area contributed by atoms with E-state index in [9.17, 15) is 0 Å². The standard InChI is InChI=1S/C29H43P/c1-7-18-29(6,21-22(2)20-25(5)26-15-9-8-10-16-26)19-12-14-23(3)27-17-11-13-24(4)28(27)30/h8-11,13,15-17,22,25H,3,7,12,14,18-21,30H2,1-2,4-6H3. The fraction of sp³-hybridized carbons (Fsp3) is 0.517. The summed E-state index contributed by atoms with van der Waals surface area (Å²) in [7, 11) is 2.91. The van der Waals surface area contributed by atoms with Crippen LogP contribution in [0.3, 0.4) is 0 Å². The van der Waals surface area contributed by atoms with Crippen LogP contribution in [0, 0.1) is 18.3 Å². The number of hydrogen-bond acceptors (Lipinski definition) is 0. The molecule has 0 fully saturated rings. The van der Waals surface area contributed by atoms with Crippen LogP contribution in [-0.2, 0) is 0 Å². The van der Waals surface area contributed by atoms with Gasteiger partial charge in [-0.15, -0.1) is 9.24 Å². The second kappa shape index (κ2) is 11.9. The lowest BCUT2D eigenvalue weighted by molar-refractivity contribution is 0.196. The first kappa shape index (κ1) is 24.9. The Balaban J connectivity index is 1.91. The number of aryl methyl sites for hydroxylation is 1. The Hall–Kier alpha value is -1.39. The van der Waals surface area contributed by atoms with Gasteiger partial charge in [-0.05, 0) is 90.3 Å². The lowest BCUT2D eigenvalue weighted by Crippen LogP contribution is -2.21. The molecular formula is C29H43P. The van der Waals surface area contributed by atoms with Crippen LogP contribution in [0.5, 0.6) is 0 Å². The van der Waals surface area contributed by atoms with E-state index in [0.717, 1.165) is 12.3 Å². The summed E-state index contributed by atoms with van der Waals surface area (Å²) in [5, 5.41) is 1.31. The van der Waals surface area contributed by atoms with Crippen LogP contribution < -0.4 is 5.30 Å². The van der Waals surface area contributed by atoms with Gasteiger partial charge in [0.25, 0.3) is 0 Å². The van der Waals surface area contributed by atoms with Gasteiger partial charge in [0.1, 0.15) is 0 Å². The Bertz CT molecular complexity index is 791. The molecular weight excluding hydrogens is 379 g/mol. The number of rotatable bonds is 12. The van der Waals surface area contributed by atoms with Crippen LogP contribution in [0.1, 0.15) is 95.2 Å². The molecule has 2 rings (SSSR count). The highest BCUT2D eigenvalue weighted by Gasteiger charge is 2.26. The summed E-state index contributed by atoms with van der Waals surface area (Å²) in [5.74, 6) is 1.38. The highest BCUT2D eigenvalue weighted by atomic mass is 31.0. The molecule has 0 nitrogen and oxygen atoms in total. The lowest BCUT2D eigenvalue weighted by atomic mass is 9.72. The SMILES string of the molecule is C=C(CCCC(C)(CCC)CC(C)CC(C)c1ccccc1)c1cccc(C)c1P. The predicted octanol–water partition coefficient (Wildman–Crippen LogP) is 8.71. The predicted molar refractivity (Wildman–Crippen MR) is 140 cm³/mol. The van der Waals surface area contributed by atoms with Crippen LogP contribution >= 0.6 is 9.24 Å². The molecule has 0 saturated carbocycles. The van der Waals surface area contributed by atoms with Gasteiger partial charge in [0.15, 0.2) is 0 Å². The smallest absolute Gasteiger partial charge is 0.0156 e. The normalized spacial score (nSPS) is 15.4. The summed E-state index contributed by atoms with van der Waals surface area (Å²) >= 11 is 0. The third-order valence-corrected chi connectivity index (χ3v) is 7.55. The zero-order chi connectivity index (χ0) is 22.1. The van der Waals surface area contributed by atoms with Crippen LogP contribution in [0.25, 0.3) is 5.57 Å². The van der Waals surface area contributed by atoms with Crippen molar-refractivity contribution in [3.8, 4) is 0 Å². The van der Waals surface area contributed by atoms with Crippen molar-refractivity contribution >= 4 is 20.1 Å². The van der Waals surface area contributed by atoms with Crippen LogP contribution in [0.15, 0.2) is 55.1 Å². The minimum atomic E-state index is 0.432. The molecule has 0 aliphatic heterocycles. The van der Waals surface area contributed by atoms with Gasteiger partial charge in [-0.2, -0.15) is 0 Å². The molecule has 0 aromatic heterocycles. The molecule has 0 aliphatic carbocycles. The first-order chi connectivity index (χ1) is 14.3. The van der Waals surface area contributed by atoms with Crippen LogP contribution in [-0.4, -0.2) is 0 Å². The van der Waals surface area contributed by atoms with Gasteiger partial charge >= 0.3 is 0 Å². The van der Waals surface area contributed by atoms with Crippen molar-refractivity contribution in [2.45, 2.75) is 85.5 Å². The third-order valence-electron chi connectivity index (χ3n) is 6.78. The zero-order valence-electron chi connectivity index (χ0n) is 20.0. The van der Waals surface area contributed by atoms with Crippen molar-refractivity contribution in [1.29, 1.82) is 0 Å². The Morgan fingerprint density at radius 3 is 2.40 bits per heavy atom. The Kier molecular flexibility index (Phi) is 9.83. The van der Waals surface area contributed by atoms with E-state index in [1.165, 1.54) is 66.1 Å². The van der Waals surface area contributed by atoms with E-state index in [2.05, 4.69) is 99.0 Å². The molecule has 4 atom stereocenters. The van der Waals surface area contributed by atoms with E-state index in [1.807, 2.05) is 0 Å². The van der Waals surface area contributed by atoms with E-state index in [-0.39, 0.29) is 0 Å². The van der Waals surface area contributed by atoms with Gasteiger partial charge in [0, 0.05) is 0 Å². The van der Waals surface area contributed by atoms with Gasteiger partial charge < -0.3 is 0 Å². The Labute approximate surface area is 188 Å². The second-order valence-corrected chi connectivity index (χ2v) is 10.5. The molecule has 164 valence electrons. The van der Waals surface area contributed by atoms with E-state index < -0.39 is 0 Å². The summed E-state index contributed by atoms with van der Waals surface area (Å²) in [5.41, 5.74) is 5.84. The highest BCUT2D eigenvalue weighted by Crippen LogP contribution is 2.40. The minimum absolute atomic E-state index is 0.432. The molecule has 0 N–H and O–H groups in total. The molecule has 0 amide bonds. The zero-order valence-corrected chi connectivity index (χ0v) is 21.2. The van der Waals surface area contributed by atoms with E-state index >= 15 is 0 Å². The average Bonchev–Trinajstić information content (AvgIpc) is 2.70. The van der Waals surface area contributed by atoms with Gasteiger partial charge in [-0.25, -0.2) is 0 Å². The molecule has 0 aliphatic rings. The fourth-order valence-corrected chi connectivity index (χ4v) is 5.63. The van der Waals surface area contributed by atoms with E-state index in [1.54, 1.807) is 0 Å². The second-order valence-electron chi connectivity index (χ2n) is 9.91. The lowest BCUT2D eigenvalue weighted by Gasteiger charge is -2.33. The fourth-order valence-electron chi connectivity index (χ4n) is 5.23. The summed E-state index contributed by atoms with van der Waals surface area (Å²) < 4.78 is 0. The monoisotopic (exact) mass is 422 g/mol. The van der Waals surface area contributed by atoms with E-state index in [4.69, 9.17) is 0 Å². The van der Waals surface area contributed by atoms with Crippen molar-refractivity contribution in [2.24, 2.45) is 11.3 Å². The molecule has 0 heterocycles. The molecule has 0 saturated heterocycles. The van der Waals surface area contributed by atoms with Crippen molar-refractivity contribution in [3.05, 3.63) is 71.8 Å². The summed E-state index contributed by atoms with van der Waals surface area (Å²) in [6.07, 6.45) is 8.81. The minimum Gasteiger partial charge on any atom is -0.105 e. The van der Waals surface area contributed by atoms with Crippen molar-refractivity contribution in [1.82, 2.24) is 0 Å². The topological polar surface area (TPSA) is 0 Å². The molecule has 30 heavy (non-hydrogen) atoms. The number of hydrogen-bond donors (Lipinski definition) is 0. The molecule has 0 radical (unpaired) electrons. The third kappa shape index (κ3) is 7.39. The average molecular weight is 423 g/mol.